The van der Waals surface area contributed by atoms with Gasteiger partial charge in [-0.15, -0.1) is 0 Å². The zero-order valence-corrected chi connectivity index (χ0v) is 11.1. The number of rotatable bonds is 3. The molecular weight excluding hydrogens is 232 g/mol. The third-order valence-corrected chi connectivity index (χ3v) is 4.10. The molecule has 1 aliphatic carbocycles. The minimum Gasteiger partial charge on any atom is -0.481 e. The lowest BCUT2D eigenvalue weighted by molar-refractivity contribution is -0.145. The van der Waals surface area contributed by atoms with E-state index in [4.69, 9.17) is 0 Å². The summed E-state index contributed by atoms with van der Waals surface area (Å²) in [6.07, 6.45) is 2.85. The van der Waals surface area contributed by atoms with Gasteiger partial charge in [-0.3, -0.25) is 14.5 Å². The van der Waals surface area contributed by atoms with Crippen LogP contribution in [0.3, 0.4) is 0 Å². The SMILES string of the molecule is CC(=O)NC1CC(C(=O)O)CN(C2CC(C)C2)C1. The quantitative estimate of drug-likeness (QED) is 0.777. The molecule has 5 heteroatoms. The van der Waals surface area contributed by atoms with Crippen LogP contribution in [0, 0.1) is 11.8 Å². The van der Waals surface area contributed by atoms with Crippen LogP contribution in [0.4, 0.5) is 0 Å². The maximum atomic E-state index is 11.2. The Hall–Kier alpha value is -1.10. The highest BCUT2D eigenvalue weighted by Crippen LogP contribution is 2.33. The highest BCUT2D eigenvalue weighted by atomic mass is 16.4. The summed E-state index contributed by atoms with van der Waals surface area (Å²) in [6.45, 7) is 5.13. The molecule has 1 aliphatic heterocycles. The molecular formula is C13H22N2O3. The van der Waals surface area contributed by atoms with Crippen LogP contribution >= 0.6 is 0 Å². The van der Waals surface area contributed by atoms with Crippen molar-refractivity contribution in [3.05, 3.63) is 0 Å². The van der Waals surface area contributed by atoms with Crippen molar-refractivity contribution in [2.24, 2.45) is 11.8 Å². The highest BCUT2D eigenvalue weighted by molar-refractivity contribution is 5.74. The third kappa shape index (κ3) is 3.02. The molecule has 1 saturated carbocycles. The molecule has 0 aromatic heterocycles. The first kappa shape index (κ1) is 13.3. The molecule has 2 fully saturated rings. The van der Waals surface area contributed by atoms with Crippen LogP contribution in [0.25, 0.3) is 0 Å². The van der Waals surface area contributed by atoms with E-state index in [9.17, 15) is 14.7 Å². The molecule has 2 rings (SSSR count). The third-order valence-electron chi connectivity index (χ3n) is 4.10. The average Bonchev–Trinajstić information content (AvgIpc) is 2.23. The Morgan fingerprint density at radius 3 is 2.39 bits per heavy atom. The number of carboxylic acids is 1. The molecule has 0 bridgehead atoms. The summed E-state index contributed by atoms with van der Waals surface area (Å²) in [7, 11) is 0. The van der Waals surface area contributed by atoms with Gasteiger partial charge in [-0.1, -0.05) is 6.92 Å². The molecule has 2 atom stereocenters. The Morgan fingerprint density at radius 2 is 1.89 bits per heavy atom. The van der Waals surface area contributed by atoms with Gasteiger partial charge in [-0.05, 0) is 25.2 Å². The Kier molecular flexibility index (Phi) is 3.90. The fourth-order valence-electron chi connectivity index (χ4n) is 3.16. The van der Waals surface area contributed by atoms with E-state index in [-0.39, 0.29) is 17.9 Å². The molecule has 2 unspecified atom stereocenters. The molecule has 1 amide bonds. The molecule has 1 heterocycles. The average molecular weight is 254 g/mol. The lowest BCUT2D eigenvalue weighted by Crippen LogP contribution is -2.57. The number of amides is 1. The summed E-state index contributed by atoms with van der Waals surface area (Å²) in [6, 6.07) is 0.492. The summed E-state index contributed by atoms with van der Waals surface area (Å²) in [5.41, 5.74) is 0. The van der Waals surface area contributed by atoms with Gasteiger partial charge in [0.1, 0.15) is 0 Å². The van der Waals surface area contributed by atoms with Crippen molar-refractivity contribution < 1.29 is 14.7 Å². The number of piperidine rings is 1. The van der Waals surface area contributed by atoms with Crippen molar-refractivity contribution in [1.82, 2.24) is 10.2 Å². The largest absolute Gasteiger partial charge is 0.481 e. The normalized spacial score (nSPS) is 36.8. The maximum absolute atomic E-state index is 11.2. The number of carboxylic acid groups (broad SMARTS) is 1. The monoisotopic (exact) mass is 254 g/mol. The topological polar surface area (TPSA) is 69.6 Å². The first-order valence-electron chi connectivity index (χ1n) is 6.69. The Balaban J connectivity index is 1.97. The van der Waals surface area contributed by atoms with Gasteiger partial charge in [0.05, 0.1) is 5.92 Å². The van der Waals surface area contributed by atoms with E-state index in [0.717, 1.165) is 25.3 Å². The van der Waals surface area contributed by atoms with E-state index in [1.54, 1.807) is 0 Å². The minimum absolute atomic E-state index is 0.0201. The smallest absolute Gasteiger partial charge is 0.307 e. The van der Waals surface area contributed by atoms with E-state index in [1.165, 1.54) is 6.92 Å². The van der Waals surface area contributed by atoms with E-state index in [2.05, 4.69) is 17.1 Å². The summed E-state index contributed by atoms with van der Waals surface area (Å²) >= 11 is 0. The van der Waals surface area contributed by atoms with Gasteiger partial charge >= 0.3 is 5.97 Å². The molecule has 0 radical (unpaired) electrons. The predicted molar refractivity (Wildman–Crippen MR) is 67.1 cm³/mol. The standard InChI is InChI=1S/C13H22N2O3/c1-8-3-12(4-8)15-6-10(13(17)18)5-11(7-15)14-9(2)16/h8,10-12H,3-7H2,1-2H3,(H,14,16)(H,17,18). The van der Waals surface area contributed by atoms with Gasteiger partial charge in [0.25, 0.3) is 0 Å². The lowest BCUT2D eigenvalue weighted by Gasteiger charge is -2.46. The summed E-state index contributed by atoms with van der Waals surface area (Å²) in [4.78, 5) is 24.6. The molecule has 0 spiro atoms. The maximum Gasteiger partial charge on any atom is 0.307 e. The zero-order valence-electron chi connectivity index (χ0n) is 11.1. The predicted octanol–water partition coefficient (Wildman–Crippen LogP) is 0.696. The Labute approximate surface area is 108 Å². The number of hydrogen-bond acceptors (Lipinski definition) is 3. The number of carbonyl (C=O) groups excluding carboxylic acids is 1. The van der Waals surface area contributed by atoms with Gasteiger partial charge in [0.2, 0.25) is 5.91 Å². The summed E-state index contributed by atoms with van der Waals surface area (Å²) in [5, 5.41) is 12.1. The van der Waals surface area contributed by atoms with Crippen molar-refractivity contribution in [1.29, 1.82) is 0 Å². The zero-order chi connectivity index (χ0) is 13.3. The molecule has 1 saturated heterocycles. The second-order valence-corrected chi connectivity index (χ2v) is 5.85. The van der Waals surface area contributed by atoms with Crippen molar-refractivity contribution in [3.63, 3.8) is 0 Å². The van der Waals surface area contributed by atoms with Gasteiger partial charge in [-0.25, -0.2) is 0 Å². The van der Waals surface area contributed by atoms with Crippen molar-refractivity contribution in [2.75, 3.05) is 13.1 Å². The number of nitrogens with zero attached hydrogens (tertiary/aromatic N) is 1. The molecule has 0 aromatic carbocycles. The minimum atomic E-state index is -0.748. The van der Waals surface area contributed by atoms with E-state index in [1.807, 2.05) is 0 Å². The second-order valence-electron chi connectivity index (χ2n) is 5.85. The fraction of sp³-hybridized carbons (Fsp3) is 0.846. The fourth-order valence-corrected chi connectivity index (χ4v) is 3.16. The van der Waals surface area contributed by atoms with Crippen molar-refractivity contribution in [3.8, 4) is 0 Å². The van der Waals surface area contributed by atoms with Gasteiger partial charge in [-0.2, -0.15) is 0 Å². The van der Waals surface area contributed by atoms with Crippen LogP contribution in [0.15, 0.2) is 0 Å². The molecule has 2 aliphatic rings. The molecule has 102 valence electrons. The number of aliphatic carboxylic acids is 1. The van der Waals surface area contributed by atoms with Crippen LogP contribution in [0.2, 0.25) is 0 Å². The van der Waals surface area contributed by atoms with E-state index >= 15 is 0 Å². The van der Waals surface area contributed by atoms with Crippen molar-refractivity contribution >= 4 is 11.9 Å². The number of likely N-dealkylation sites (tertiary alicyclic amines) is 1. The molecule has 2 N–H and O–H groups in total. The van der Waals surface area contributed by atoms with Crippen LogP contribution in [-0.4, -0.2) is 47.1 Å². The van der Waals surface area contributed by atoms with Gasteiger partial charge in [0.15, 0.2) is 0 Å². The number of hydrogen-bond donors (Lipinski definition) is 2. The van der Waals surface area contributed by atoms with Crippen molar-refractivity contribution in [2.45, 2.75) is 45.2 Å². The molecule has 0 aromatic rings. The van der Waals surface area contributed by atoms with Gasteiger partial charge < -0.3 is 10.4 Å². The molecule has 18 heavy (non-hydrogen) atoms. The first-order chi connectivity index (χ1) is 8.45. The van der Waals surface area contributed by atoms with Crippen LogP contribution in [0.1, 0.15) is 33.1 Å². The van der Waals surface area contributed by atoms with Crippen LogP contribution in [0.5, 0.6) is 0 Å². The van der Waals surface area contributed by atoms with Crippen LogP contribution in [-0.2, 0) is 9.59 Å². The Morgan fingerprint density at radius 1 is 1.22 bits per heavy atom. The van der Waals surface area contributed by atoms with E-state index < -0.39 is 5.97 Å². The summed E-state index contributed by atoms with van der Waals surface area (Å²) < 4.78 is 0. The second kappa shape index (κ2) is 5.26. The number of carbonyl (C=O) groups is 2. The summed E-state index contributed by atoms with van der Waals surface area (Å²) in [5.74, 6) is -0.429. The first-order valence-corrected chi connectivity index (χ1v) is 6.69. The van der Waals surface area contributed by atoms with Crippen LogP contribution < -0.4 is 5.32 Å². The highest BCUT2D eigenvalue weighted by Gasteiger charge is 2.38. The number of nitrogens with one attached hydrogen (secondary N) is 1. The lowest BCUT2D eigenvalue weighted by atomic mass is 9.79. The molecule has 5 nitrogen and oxygen atoms in total. The van der Waals surface area contributed by atoms with Gasteiger partial charge in [0, 0.05) is 32.1 Å². The van der Waals surface area contributed by atoms with E-state index in [0.29, 0.717) is 19.0 Å². The Bertz CT molecular complexity index is 339.